The average Bonchev–Trinajstić information content (AvgIpc) is 3.67. The molecule has 52 heavy (non-hydrogen) atoms. The van der Waals surface area contributed by atoms with Crippen LogP contribution in [-0.4, -0.2) is 14.5 Å². The average molecular weight is 666 g/mol. The van der Waals surface area contributed by atoms with Crippen LogP contribution >= 0.6 is 0 Å². The van der Waals surface area contributed by atoms with Gasteiger partial charge in [-0.1, -0.05) is 172 Å². The summed E-state index contributed by atoms with van der Waals surface area (Å²) in [4.78, 5) is 10.6. The predicted molar refractivity (Wildman–Crippen MR) is 216 cm³/mol. The largest absolute Gasteiger partial charge is 0.278 e. The van der Waals surface area contributed by atoms with Gasteiger partial charge in [0.05, 0.1) is 22.4 Å². The minimum absolute atomic E-state index is 0.151. The van der Waals surface area contributed by atoms with E-state index in [4.69, 9.17) is 9.97 Å². The van der Waals surface area contributed by atoms with Gasteiger partial charge in [0.15, 0.2) is 0 Å². The van der Waals surface area contributed by atoms with Gasteiger partial charge in [0.25, 0.3) is 0 Å². The van der Waals surface area contributed by atoms with Crippen LogP contribution in [0.1, 0.15) is 25.0 Å². The van der Waals surface area contributed by atoms with E-state index < -0.39 is 0 Å². The number of nitrogens with zero attached hydrogens (tertiary/aromatic N) is 3. The quantitative estimate of drug-likeness (QED) is 0.183. The molecule has 246 valence electrons. The minimum Gasteiger partial charge on any atom is -0.278 e. The van der Waals surface area contributed by atoms with Crippen LogP contribution in [0.2, 0.25) is 0 Å². The van der Waals surface area contributed by atoms with Crippen LogP contribution < -0.4 is 0 Å². The molecule has 0 saturated carbocycles. The van der Waals surface area contributed by atoms with E-state index in [2.05, 4.69) is 188 Å². The number of hydrogen-bond donors (Lipinski definition) is 0. The van der Waals surface area contributed by atoms with Crippen molar-refractivity contribution in [3.05, 3.63) is 187 Å². The molecule has 2 aromatic heterocycles. The smallest absolute Gasteiger partial charge is 0.235 e. The van der Waals surface area contributed by atoms with E-state index in [0.29, 0.717) is 5.95 Å². The van der Waals surface area contributed by atoms with Gasteiger partial charge in [0.1, 0.15) is 0 Å². The SMILES string of the molecule is CC1(C)c2ccccc2-c2ccc3c(c21)c1ccccc1n3-c1nc(-c2ccccc2)cc(-c2ccc(-c3ccc(-c4ccccc4)cc3)cc2)n1. The number of aromatic nitrogens is 3. The standard InChI is InChI=1S/C49H35N3/c1-49(2)41-19-11-9-17-38(41)39-29-30-45-46(47(39)49)40-18-10-12-20-44(40)52(45)48-50-42(36-15-7-4-8-16-36)31-43(51-48)37-27-25-35(26-28-37)34-23-21-33(22-24-34)32-13-5-3-6-14-32/h3-31H,1-2H3. The van der Waals surface area contributed by atoms with Crippen LogP contribution in [0.5, 0.6) is 0 Å². The van der Waals surface area contributed by atoms with Gasteiger partial charge in [0.2, 0.25) is 5.95 Å². The molecule has 0 aliphatic heterocycles. The highest BCUT2D eigenvalue weighted by atomic mass is 15.2. The molecule has 0 atom stereocenters. The summed E-state index contributed by atoms with van der Waals surface area (Å²) in [5.41, 5.74) is 16.1. The first-order valence-corrected chi connectivity index (χ1v) is 17.9. The molecule has 1 aliphatic rings. The molecule has 3 nitrogen and oxygen atoms in total. The van der Waals surface area contributed by atoms with Crippen molar-refractivity contribution < 1.29 is 0 Å². The van der Waals surface area contributed by atoms with E-state index in [1.807, 2.05) is 6.07 Å². The van der Waals surface area contributed by atoms with Crippen molar-refractivity contribution in [2.24, 2.45) is 0 Å². The Bertz CT molecular complexity index is 2780. The molecule has 0 saturated heterocycles. The van der Waals surface area contributed by atoms with E-state index in [0.717, 1.165) is 33.5 Å². The Morgan fingerprint density at radius 2 is 0.923 bits per heavy atom. The summed E-state index contributed by atoms with van der Waals surface area (Å²) in [6.07, 6.45) is 0. The molecule has 2 heterocycles. The van der Waals surface area contributed by atoms with Gasteiger partial charge in [-0.05, 0) is 62.7 Å². The van der Waals surface area contributed by atoms with Crippen LogP contribution in [0.4, 0.5) is 0 Å². The molecule has 10 rings (SSSR count). The van der Waals surface area contributed by atoms with Crippen LogP contribution in [0.25, 0.3) is 83.6 Å². The molecule has 3 heteroatoms. The maximum absolute atomic E-state index is 5.34. The van der Waals surface area contributed by atoms with E-state index in [-0.39, 0.29) is 5.41 Å². The van der Waals surface area contributed by atoms with Crippen molar-refractivity contribution in [3.8, 4) is 61.8 Å². The third kappa shape index (κ3) is 4.74. The van der Waals surface area contributed by atoms with Crippen molar-refractivity contribution in [3.63, 3.8) is 0 Å². The maximum Gasteiger partial charge on any atom is 0.235 e. The fraction of sp³-hybridized carbons (Fsp3) is 0.0612. The van der Waals surface area contributed by atoms with Gasteiger partial charge < -0.3 is 0 Å². The summed E-state index contributed by atoms with van der Waals surface area (Å²) in [6, 6.07) is 62.7. The first-order chi connectivity index (χ1) is 25.5. The van der Waals surface area contributed by atoms with Gasteiger partial charge in [-0.15, -0.1) is 0 Å². The Hall–Kier alpha value is -6.58. The zero-order valence-electron chi connectivity index (χ0n) is 29.1. The number of fused-ring (bicyclic) bond motifs is 7. The summed E-state index contributed by atoms with van der Waals surface area (Å²) in [7, 11) is 0. The van der Waals surface area contributed by atoms with Crippen molar-refractivity contribution in [1.29, 1.82) is 0 Å². The topological polar surface area (TPSA) is 30.7 Å². The minimum atomic E-state index is -0.151. The van der Waals surface area contributed by atoms with Crippen molar-refractivity contribution >= 4 is 21.8 Å². The van der Waals surface area contributed by atoms with Crippen LogP contribution in [0, 0.1) is 0 Å². The van der Waals surface area contributed by atoms with Crippen LogP contribution in [-0.2, 0) is 5.41 Å². The van der Waals surface area contributed by atoms with Crippen molar-refractivity contribution in [2.75, 3.05) is 0 Å². The summed E-state index contributed by atoms with van der Waals surface area (Å²) >= 11 is 0. The molecule has 0 bridgehead atoms. The summed E-state index contributed by atoms with van der Waals surface area (Å²) in [6.45, 7) is 4.71. The zero-order chi connectivity index (χ0) is 34.8. The Labute approximate surface area is 303 Å². The molecule has 9 aromatic rings. The highest BCUT2D eigenvalue weighted by Crippen LogP contribution is 2.53. The lowest BCUT2D eigenvalue weighted by Gasteiger charge is -2.22. The Morgan fingerprint density at radius 1 is 0.423 bits per heavy atom. The number of hydrogen-bond acceptors (Lipinski definition) is 2. The molecular formula is C49H35N3. The molecule has 7 aromatic carbocycles. The van der Waals surface area contributed by atoms with Crippen LogP contribution in [0.15, 0.2) is 176 Å². The van der Waals surface area contributed by atoms with E-state index in [1.165, 1.54) is 55.3 Å². The van der Waals surface area contributed by atoms with Crippen molar-refractivity contribution in [2.45, 2.75) is 19.3 Å². The lowest BCUT2D eigenvalue weighted by Crippen LogP contribution is -2.15. The van der Waals surface area contributed by atoms with Crippen molar-refractivity contribution in [1.82, 2.24) is 14.5 Å². The predicted octanol–water partition coefficient (Wildman–Crippen LogP) is 12.5. The molecule has 0 radical (unpaired) electrons. The lowest BCUT2D eigenvalue weighted by molar-refractivity contribution is 0.666. The zero-order valence-corrected chi connectivity index (χ0v) is 29.1. The molecule has 0 spiro atoms. The highest BCUT2D eigenvalue weighted by molar-refractivity contribution is 6.14. The van der Waals surface area contributed by atoms with Gasteiger partial charge in [0, 0.05) is 27.3 Å². The number of benzene rings is 7. The molecule has 0 unspecified atom stereocenters. The Morgan fingerprint density at radius 3 is 1.58 bits per heavy atom. The fourth-order valence-corrected chi connectivity index (χ4v) is 8.31. The molecular weight excluding hydrogens is 631 g/mol. The monoisotopic (exact) mass is 665 g/mol. The van der Waals surface area contributed by atoms with Gasteiger partial charge in [-0.3, -0.25) is 4.57 Å². The second-order valence-corrected chi connectivity index (χ2v) is 14.2. The van der Waals surface area contributed by atoms with E-state index in [9.17, 15) is 0 Å². The Kier molecular flexibility index (Phi) is 6.84. The lowest BCUT2D eigenvalue weighted by atomic mass is 9.80. The summed E-state index contributed by atoms with van der Waals surface area (Å²) in [5, 5.41) is 2.49. The third-order valence-corrected chi connectivity index (χ3v) is 10.8. The van der Waals surface area contributed by atoms with E-state index in [1.54, 1.807) is 0 Å². The second kappa shape index (κ2) is 11.8. The number of para-hydroxylation sites is 1. The summed E-state index contributed by atoms with van der Waals surface area (Å²) < 4.78 is 2.27. The first-order valence-electron chi connectivity index (χ1n) is 17.9. The molecule has 0 amide bonds. The summed E-state index contributed by atoms with van der Waals surface area (Å²) in [5.74, 6) is 0.663. The van der Waals surface area contributed by atoms with Gasteiger partial charge in [-0.2, -0.15) is 0 Å². The van der Waals surface area contributed by atoms with Gasteiger partial charge in [-0.25, -0.2) is 9.97 Å². The highest BCUT2D eigenvalue weighted by Gasteiger charge is 2.38. The molecule has 1 aliphatic carbocycles. The molecule has 0 N–H and O–H groups in total. The van der Waals surface area contributed by atoms with E-state index >= 15 is 0 Å². The first kappa shape index (κ1) is 30.3. The normalized spacial score (nSPS) is 13.0. The van der Waals surface area contributed by atoms with Gasteiger partial charge >= 0.3 is 0 Å². The Balaban J connectivity index is 1.13. The second-order valence-electron chi connectivity index (χ2n) is 14.2. The maximum atomic E-state index is 5.34. The third-order valence-electron chi connectivity index (χ3n) is 10.8. The molecule has 0 fully saturated rings. The fourth-order valence-electron chi connectivity index (χ4n) is 8.31. The number of rotatable bonds is 5. The van der Waals surface area contributed by atoms with Crippen LogP contribution in [0.3, 0.4) is 0 Å².